The van der Waals surface area contributed by atoms with E-state index in [1.54, 1.807) is 12.3 Å². The average Bonchev–Trinajstić information content (AvgIpc) is 2.61. The Morgan fingerprint density at radius 1 is 1.47 bits per heavy atom. The van der Waals surface area contributed by atoms with Gasteiger partial charge in [-0.05, 0) is 41.9 Å². The molecule has 0 fully saturated rings. The molecule has 0 unspecified atom stereocenters. The molecule has 0 amide bonds. The van der Waals surface area contributed by atoms with Gasteiger partial charge in [0.1, 0.15) is 10.8 Å². The Hall–Kier alpha value is -1.01. The third-order valence-electron chi connectivity index (χ3n) is 2.40. The fraction of sp³-hybridized carbons (Fsp3) is 0.273. The number of halogens is 1. The summed E-state index contributed by atoms with van der Waals surface area (Å²) in [5.74, 6) is 1.08. The predicted octanol–water partition coefficient (Wildman–Crippen LogP) is 2.76. The van der Waals surface area contributed by atoms with Gasteiger partial charge in [-0.3, -0.25) is 4.21 Å². The molecule has 0 spiro atoms. The van der Waals surface area contributed by atoms with Crippen LogP contribution in [0, 0.1) is 13.8 Å². The summed E-state index contributed by atoms with van der Waals surface area (Å²) in [6, 6.07) is 3.62. The first-order valence-electron chi connectivity index (χ1n) is 5.00. The van der Waals surface area contributed by atoms with Crippen molar-refractivity contribution in [3.63, 3.8) is 0 Å². The Labute approximate surface area is 110 Å². The van der Waals surface area contributed by atoms with E-state index < -0.39 is 10.8 Å². The van der Waals surface area contributed by atoms with E-state index in [1.807, 2.05) is 19.9 Å². The number of pyridine rings is 1. The van der Waals surface area contributed by atoms with Crippen LogP contribution < -0.4 is 0 Å². The molecule has 0 saturated carbocycles. The number of aromatic nitrogens is 2. The van der Waals surface area contributed by atoms with Crippen LogP contribution in [-0.2, 0) is 16.6 Å². The Morgan fingerprint density at radius 2 is 2.24 bits per heavy atom. The number of hydrogen-bond acceptors (Lipinski definition) is 4. The summed E-state index contributed by atoms with van der Waals surface area (Å²) < 4.78 is 18.0. The van der Waals surface area contributed by atoms with Crippen molar-refractivity contribution in [3.8, 4) is 0 Å². The zero-order valence-corrected chi connectivity index (χ0v) is 11.8. The molecule has 1 atom stereocenters. The van der Waals surface area contributed by atoms with Crippen molar-refractivity contribution in [2.45, 2.75) is 24.6 Å². The van der Waals surface area contributed by atoms with Crippen molar-refractivity contribution >= 4 is 26.7 Å². The van der Waals surface area contributed by atoms with Crippen LogP contribution in [0.3, 0.4) is 0 Å². The smallest absolute Gasteiger partial charge is 0.141 e. The Kier molecular flexibility index (Phi) is 3.73. The lowest BCUT2D eigenvalue weighted by Crippen LogP contribution is -2.01. The molecule has 2 heterocycles. The van der Waals surface area contributed by atoms with Gasteiger partial charge < -0.3 is 4.52 Å². The van der Waals surface area contributed by atoms with Crippen molar-refractivity contribution in [2.75, 3.05) is 0 Å². The molecule has 0 bridgehead atoms. The molecule has 0 aromatic carbocycles. The van der Waals surface area contributed by atoms with Gasteiger partial charge in [-0.25, -0.2) is 4.98 Å². The largest absolute Gasteiger partial charge is 0.361 e. The zero-order chi connectivity index (χ0) is 12.4. The molecule has 0 radical (unpaired) electrons. The lowest BCUT2D eigenvalue weighted by atomic mass is 10.2. The van der Waals surface area contributed by atoms with Gasteiger partial charge in [-0.1, -0.05) is 5.16 Å². The molecule has 2 aromatic heterocycles. The molecule has 0 saturated heterocycles. The highest BCUT2D eigenvalue weighted by atomic mass is 79.9. The maximum Gasteiger partial charge on any atom is 0.141 e. The van der Waals surface area contributed by atoms with Gasteiger partial charge in [-0.2, -0.15) is 0 Å². The minimum Gasteiger partial charge on any atom is -0.361 e. The summed E-state index contributed by atoms with van der Waals surface area (Å²) in [6.45, 7) is 3.66. The van der Waals surface area contributed by atoms with E-state index in [1.165, 1.54) is 0 Å². The zero-order valence-electron chi connectivity index (χ0n) is 9.44. The predicted molar refractivity (Wildman–Crippen MR) is 68.0 cm³/mol. The van der Waals surface area contributed by atoms with E-state index in [-0.39, 0.29) is 0 Å². The Morgan fingerprint density at radius 3 is 2.82 bits per heavy atom. The van der Waals surface area contributed by atoms with Gasteiger partial charge in [0.25, 0.3) is 0 Å². The SMILES string of the molecule is Cc1noc(C)c1C[S@](=O)c1ncccc1Br. The molecule has 17 heavy (non-hydrogen) atoms. The maximum absolute atomic E-state index is 12.2. The van der Waals surface area contributed by atoms with Crippen LogP contribution in [-0.4, -0.2) is 14.3 Å². The van der Waals surface area contributed by atoms with Crippen LogP contribution in [0.2, 0.25) is 0 Å². The summed E-state index contributed by atoms with van der Waals surface area (Å²) in [5, 5.41) is 4.39. The monoisotopic (exact) mass is 314 g/mol. The first-order chi connectivity index (χ1) is 8.09. The molecule has 0 aliphatic rings. The topological polar surface area (TPSA) is 56.0 Å². The average molecular weight is 315 g/mol. The van der Waals surface area contributed by atoms with E-state index >= 15 is 0 Å². The van der Waals surface area contributed by atoms with Crippen molar-refractivity contribution < 1.29 is 8.73 Å². The van der Waals surface area contributed by atoms with Crippen LogP contribution in [0.25, 0.3) is 0 Å². The summed E-state index contributed by atoms with van der Waals surface area (Å²) in [7, 11) is -1.20. The second-order valence-corrected chi connectivity index (χ2v) is 5.80. The summed E-state index contributed by atoms with van der Waals surface area (Å²) in [6.07, 6.45) is 1.63. The third kappa shape index (κ3) is 2.63. The molecule has 4 nitrogen and oxygen atoms in total. The molecule has 90 valence electrons. The highest BCUT2D eigenvalue weighted by Crippen LogP contribution is 2.22. The highest BCUT2D eigenvalue weighted by molar-refractivity contribution is 9.10. The van der Waals surface area contributed by atoms with Crippen LogP contribution in [0.15, 0.2) is 32.4 Å². The first kappa shape index (κ1) is 12.4. The number of aryl methyl sites for hydroxylation is 2. The van der Waals surface area contributed by atoms with Gasteiger partial charge >= 0.3 is 0 Å². The summed E-state index contributed by atoms with van der Waals surface area (Å²) >= 11 is 3.34. The third-order valence-corrected chi connectivity index (χ3v) is 4.61. The summed E-state index contributed by atoms with van der Waals surface area (Å²) in [4.78, 5) is 4.12. The van der Waals surface area contributed by atoms with Gasteiger partial charge in [-0.15, -0.1) is 0 Å². The van der Waals surface area contributed by atoms with Crippen LogP contribution in [0.1, 0.15) is 17.0 Å². The van der Waals surface area contributed by atoms with Crippen molar-refractivity contribution in [2.24, 2.45) is 0 Å². The molecular weight excluding hydrogens is 304 g/mol. The van der Waals surface area contributed by atoms with E-state index in [0.29, 0.717) is 16.5 Å². The lowest BCUT2D eigenvalue weighted by Gasteiger charge is -2.03. The second kappa shape index (κ2) is 5.10. The molecule has 0 aliphatic heterocycles. The maximum atomic E-state index is 12.2. The van der Waals surface area contributed by atoms with Gasteiger partial charge in [0.2, 0.25) is 0 Å². The van der Waals surface area contributed by atoms with Gasteiger partial charge in [0.15, 0.2) is 0 Å². The lowest BCUT2D eigenvalue weighted by molar-refractivity contribution is 0.392. The van der Waals surface area contributed by atoms with E-state index in [4.69, 9.17) is 4.52 Å². The van der Waals surface area contributed by atoms with Crippen molar-refractivity contribution in [1.29, 1.82) is 0 Å². The van der Waals surface area contributed by atoms with E-state index in [2.05, 4.69) is 26.1 Å². The fourth-order valence-electron chi connectivity index (χ4n) is 1.45. The van der Waals surface area contributed by atoms with Gasteiger partial charge in [0.05, 0.1) is 26.7 Å². The minimum atomic E-state index is -1.20. The molecule has 2 rings (SSSR count). The second-order valence-electron chi connectivity index (χ2n) is 3.58. The molecule has 2 aromatic rings. The molecular formula is C11H11BrN2O2S. The first-order valence-corrected chi connectivity index (χ1v) is 7.11. The molecule has 0 aliphatic carbocycles. The number of hydrogen-bond donors (Lipinski definition) is 0. The van der Waals surface area contributed by atoms with Crippen LogP contribution in [0.5, 0.6) is 0 Å². The number of nitrogens with zero attached hydrogens (tertiary/aromatic N) is 2. The molecule has 0 N–H and O–H groups in total. The van der Waals surface area contributed by atoms with Crippen molar-refractivity contribution in [1.82, 2.24) is 10.1 Å². The fourth-order valence-corrected chi connectivity index (χ4v) is 3.52. The minimum absolute atomic E-state index is 0.372. The molecule has 6 heteroatoms. The quantitative estimate of drug-likeness (QED) is 0.874. The van der Waals surface area contributed by atoms with E-state index in [0.717, 1.165) is 15.7 Å². The normalized spacial score (nSPS) is 12.6. The van der Waals surface area contributed by atoms with Crippen LogP contribution >= 0.6 is 15.9 Å². The number of rotatable bonds is 3. The van der Waals surface area contributed by atoms with Crippen molar-refractivity contribution in [3.05, 3.63) is 39.8 Å². The highest BCUT2D eigenvalue weighted by Gasteiger charge is 2.16. The van der Waals surface area contributed by atoms with Gasteiger partial charge in [0, 0.05) is 11.8 Å². The Bertz CT molecular complexity index is 549. The Balaban J connectivity index is 2.27. The van der Waals surface area contributed by atoms with Crippen LogP contribution in [0.4, 0.5) is 0 Å². The summed E-state index contributed by atoms with van der Waals surface area (Å²) in [5.41, 5.74) is 1.67. The van der Waals surface area contributed by atoms with E-state index in [9.17, 15) is 4.21 Å². The standard InChI is InChI=1S/C11H11BrN2O2S/c1-7-9(8(2)16-14-7)6-17(15)11-10(12)4-3-5-13-11/h3-5H,6H2,1-2H3/t17-/m0/s1.